The molecule has 4 fully saturated rings. The average Bonchev–Trinajstić information content (AvgIpc) is 2.88. The first-order valence-corrected chi connectivity index (χ1v) is 10.1. The Bertz CT molecular complexity index is 699. The zero-order valence-electron chi connectivity index (χ0n) is 15.3. The molecule has 0 saturated heterocycles. The van der Waals surface area contributed by atoms with Gasteiger partial charge >= 0.3 is 0 Å². The fourth-order valence-electron chi connectivity index (χ4n) is 6.23. The van der Waals surface area contributed by atoms with E-state index in [1.54, 1.807) is 18.3 Å². The highest BCUT2D eigenvalue weighted by molar-refractivity contribution is 7.09. The smallest absolute Gasteiger partial charge is 0.228 e. The van der Waals surface area contributed by atoms with Gasteiger partial charge in [0.2, 0.25) is 11.8 Å². The summed E-state index contributed by atoms with van der Waals surface area (Å²) in [4.78, 5) is 31.6. The first-order valence-electron chi connectivity index (χ1n) is 9.25. The molecule has 5 nitrogen and oxygen atoms in total. The number of thiazole rings is 1. The summed E-state index contributed by atoms with van der Waals surface area (Å²) in [5.41, 5.74) is 0.537. The van der Waals surface area contributed by atoms with Gasteiger partial charge in [0.25, 0.3) is 0 Å². The van der Waals surface area contributed by atoms with Crippen molar-refractivity contribution in [1.29, 1.82) is 0 Å². The maximum absolute atomic E-state index is 13.4. The van der Waals surface area contributed by atoms with E-state index in [9.17, 15) is 9.59 Å². The summed E-state index contributed by atoms with van der Waals surface area (Å²) in [6, 6.07) is 0. The molecule has 4 saturated carbocycles. The molecule has 5 rings (SSSR count). The van der Waals surface area contributed by atoms with Gasteiger partial charge < -0.3 is 10.2 Å². The summed E-state index contributed by atoms with van der Waals surface area (Å²) in [6.45, 7) is 4.17. The molecule has 25 heavy (non-hydrogen) atoms. The molecular weight excluding hydrogens is 334 g/mol. The van der Waals surface area contributed by atoms with Crippen LogP contribution in [0.5, 0.6) is 0 Å². The van der Waals surface area contributed by atoms with Crippen molar-refractivity contribution >= 4 is 23.2 Å². The zero-order valence-corrected chi connectivity index (χ0v) is 16.1. The van der Waals surface area contributed by atoms with E-state index in [1.807, 2.05) is 24.3 Å². The van der Waals surface area contributed by atoms with Gasteiger partial charge in [-0.3, -0.25) is 9.59 Å². The molecule has 0 aliphatic heterocycles. The summed E-state index contributed by atoms with van der Waals surface area (Å²) < 4.78 is 0. The quantitative estimate of drug-likeness (QED) is 0.897. The highest BCUT2D eigenvalue weighted by Crippen LogP contribution is 2.62. The lowest BCUT2D eigenvalue weighted by Crippen LogP contribution is -2.65. The van der Waals surface area contributed by atoms with Gasteiger partial charge in [0.05, 0.1) is 22.7 Å². The molecule has 4 bridgehead atoms. The number of rotatable bonds is 4. The van der Waals surface area contributed by atoms with Crippen molar-refractivity contribution in [1.82, 2.24) is 15.2 Å². The third-order valence-corrected chi connectivity index (χ3v) is 7.19. The Morgan fingerprint density at radius 1 is 1.32 bits per heavy atom. The normalized spacial score (nSPS) is 35.6. The lowest BCUT2D eigenvalue weighted by atomic mass is 9.46. The molecule has 1 aromatic heterocycles. The van der Waals surface area contributed by atoms with Crippen molar-refractivity contribution in [3.8, 4) is 0 Å². The molecule has 0 radical (unpaired) electrons. The van der Waals surface area contributed by atoms with Gasteiger partial charge in [0.15, 0.2) is 0 Å². The van der Waals surface area contributed by atoms with Gasteiger partial charge in [-0.25, -0.2) is 4.98 Å². The van der Waals surface area contributed by atoms with E-state index >= 15 is 0 Å². The second-order valence-corrected chi connectivity index (χ2v) is 9.78. The molecule has 0 spiro atoms. The molecule has 1 N–H and O–H groups in total. The summed E-state index contributed by atoms with van der Waals surface area (Å²) in [5, 5.41) is 6.32. The third-order valence-electron chi connectivity index (χ3n) is 6.37. The fourth-order valence-corrected chi connectivity index (χ4v) is 6.84. The Morgan fingerprint density at radius 2 is 2.00 bits per heavy atom. The fraction of sp³-hybridized carbons (Fsp3) is 0.737. The summed E-state index contributed by atoms with van der Waals surface area (Å²) >= 11 is 1.63. The van der Waals surface area contributed by atoms with Crippen LogP contribution in [0.3, 0.4) is 0 Å². The predicted octanol–water partition coefficient (Wildman–Crippen LogP) is 2.89. The Kier molecular flexibility index (Phi) is 3.94. The third kappa shape index (κ3) is 2.98. The second-order valence-electron chi connectivity index (χ2n) is 8.72. The number of carbonyl (C=O) groups excluding carboxylic acids is 2. The van der Waals surface area contributed by atoms with E-state index in [0.717, 1.165) is 42.8 Å². The van der Waals surface area contributed by atoms with Gasteiger partial charge in [0.1, 0.15) is 0 Å². The molecule has 136 valence electrons. The minimum absolute atomic E-state index is 0.0378. The number of nitrogens with zero attached hydrogens (tertiary/aromatic N) is 2. The number of nitrogens with one attached hydrogen (secondary N) is 1. The van der Waals surface area contributed by atoms with Gasteiger partial charge in [-0.15, -0.1) is 11.3 Å². The summed E-state index contributed by atoms with van der Waals surface area (Å²) in [5.74, 6) is 1.44. The van der Waals surface area contributed by atoms with E-state index in [0.29, 0.717) is 18.4 Å². The van der Waals surface area contributed by atoms with E-state index in [-0.39, 0.29) is 22.8 Å². The van der Waals surface area contributed by atoms with Gasteiger partial charge in [-0.2, -0.15) is 0 Å². The standard InChI is InChI=1S/C19H27N3O2S/c1-12(23)21-19-7-14-4-15(8-19)6-18(5-14,11-19)17(24)22(3)9-16-10-25-13(2)20-16/h10,14-15H,4-9,11H2,1-3H3,(H,21,23). The van der Waals surface area contributed by atoms with Crippen molar-refractivity contribution in [2.24, 2.45) is 17.3 Å². The lowest BCUT2D eigenvalue weighted by Gasteiger charge is -2.61. The number of aromatic nitrogens is 1. The van der Waals surface area contributed by atoms with Crippen molar-refractivity contribution in [2.75, 3.05) is 7.05 Å². The zero-order chi connectivity index (χ0) is 17.8. The highest BCUT2D eigenvalue weighted by atomic mass is 32.1. The first-order chi connectivity index (χ1) is 11.8. The van der Waals surface area contributed by atoms with Gasteiger partial charge in [-0.05, 0) is 57.3 Å². The molecule has 4 aliphatic rings. The van der Waals surface area contributed by atoms with Crippen molar-refractivity contribution in [2.45, 2.75) is 64.5 Å². The molecular formula is C19H27N3O2S. The van der Waals surface area contributed by atoms with Crippen LogP contribution < -0.4 is 5.32 Å². The van der Waals surface area contributed by atoms with Crippen LogP contribution in [0, 0.1) is 24.2 Å². The summed E-state index contributed by atoms with van der Waals surface area (Å²) in [7, 11) is 1.90. The van der Waals surface area contributed by atoms with Crippen molar-refractivity contribution in [3.05, 3.63) is 16.1 Å². The number of aryl methyl sites for hydroxylation is 1. The van der Waals surface area contributed by atoms with Crippen molar-refractivity contribution in [3.63, 3.8) is 0 Å². The molecule has 2 atom stereocenters. The van der Waals surface area contributed by atoms with Crippen LogP contribution in [0.25, 0.3) is 0 Å². The Balaban J connectivity index is 1.56. The van der Waals surface area contributed by atoms with Crippen LogP contribution >= 0.6 is 11.3 Å². The van der Waals surface area contributed by atoms with Crippen LogP contribution in [0.1, 0.15) is 56.2 Å². The minimum Gasteiger partial charge on any atom is -0.351 e. The van der Waals surface area contributed by atoms with E-state index in [2.05, 4.69) is 10.3 Å². The highest BCUT2D eigenvalue weighted by Gasteiger charge is 2.61. The van der Waals surface area contributed by atoms with Crippen LogP contribution in [0.15, 0.2) is 5.38 Å². The Hall–Kier alpha value is -1.43. The lowest BCUT2D eigenvalue weighted by molar-refractivity contribution is -0.162. The number of hydrogen-bond donors (Lipinski definition) is 1. The van der Waals surface area contributed by atoms with E-state index in [1.165, 1.54) is 6.42 Å². The molecule has 2 unspecified atom stereocenters. The summed E-state index contributed by atoms with van der Waals surface area (Å²) in [6.07, 6.45) is 6.12. The monoisotopic (exact) mass is 361 g/mol. The molecule has 2 amide bonds. The van der Waals surface area contributed by atoms with Crippen molar-refractivity contribution < 1.29 is 9.59 Å². The molecule has 1 aromatic rings. The Morgan fingerprint density at radius 3 is 2.56 bits per heavy atom. The van der Waals surface area contributed by atoms with Crippen LogP contribution in [-0.2, 0) is 16.1 Å². The number of hydrogen-bond acceptors (Lipinski definition) is 4. The molecule has 1 heterocycles. The van der Waals surface area contributed by atoms with Crippen LogP contribution in [0.2, 0.25) is 0 Å². The van der Waals surface area contributed by atoms with E-state index in [4.69, 9.17) is 0 Å². The molecule has 6 heteroatoms. The number of amides is 2. The maximum atomic E-state index is 13.4. The van der Waals surface area contributed by atoms with Crippen LogP contribution in [0.4, 0.5) is 0 Å². The Labute approximate surface area is 153 Å². The SMILES string of the molecule is CC(=O)NC12CC3CC(C1)CC(C(=O)N(C)Cc1csc(C)n1)(C3)C2. The maximum Gasteiger partial charge on any atom is 0.228 e. The van der Waals surface area contributed by atoms with Gasteiger partial charge in [-0.1, -0.05) is 0 Å². The molecule has 4 aliphatic carbocycles. The predicted molar refractivity (Wildman–Crippen MR) is 97.0 cm³/mol. The minimum atomic E-state index is -0.285. The largest absolute Gasteiger partial charge is 0.351 e. The second kappa shape index (κ2) is 5.79. The number of carbonyl (C=O) groups is 2. The van der Waals surface area contributed by atoms with E-state index < -0.39 is 0 Å². The van der Waals surface area contributed by atoms with Gasteiger partial charge in [0, 0.05) is 24.9 Å². The average molecular weight is 362 g/mol. The topological polar surface area (TPSA) is 62.3 Å². The molecule has 0 aromatic carbocycles. The van der Waals surface area contributed by atoms with Crippen LogP contribution in [-0.4, -0.2) is 34.3 Å². The first kappa shape index (κ1) is 17.0.